The van der Waals surface area contributed by atoms with Crippen LogP contribution in [0.5, 0.6) is 0 Å². The van der Waals surface area contributed by atoms with Crippen LogP contribution < -0.4 is 10.2 Å². The van der Waals surface area contributed by atoms with Crippen molar-refractivity contribution in [2.75, 3.05) is 18.6 Å². The molecular formula is C19H31N3O3. The number of anilines is 1. The molecule has 0 saturated carbocycles. The molecule has 0 saturated heterocycles. The van der Waals surface area contributed by atoms with Crippen LogP contribution in [0.3, 0.4) is 0 Å². The Labute approximate surface area is 151 Å². The number of amides is 1. The minimum Gasteiger partial charge on any atom is -0.467 e. The Hall–Kier alpha value is -2.11. The first-order valence-electron chi connectivity index (χ1n) is 9.00. The number of carbonyl (C=O) groups is 2. The van der Waals surface area contributed by atoms with Crippen molar-refractivity contribution in [1.82, 2.24) is 10.3 Å². The molecule has 0 fully saturated rings. The summed E-state index contributed by atoms with van der Waals surface area (Å²) in [6.45, 7) is 11.1. The third-order valence-electron chi connectivity index (χ3n) is 4.53. The van der Waals surface area contributed by atoms with Crippen molar-refractivity contribution < 1.29 is 14.3 Å². The molecule has 1 atom stereocenters. The predicted octanol–water partition coefficient (Wildman–Crippen LogP) is 3.02. The van der Waals surface area contributed by atoms with Crippen LogP contribution >= 0.6 is 0 Å². The maximum atomic E-state index is 12.5. The van der Waals surface area contributed by atoms with Gasteiger partial charge in [-0.3, -0.25) is 4.79 Å². The number of rotatable bonds is 9. The van der Waals surface area contributed by atoms with E-state index in [9.17, 15) is 9.59 Å². The van der Waals surface area contributed by atoms with Crippen LogP contribution in [-0.2, 0) is 9.53 Å². The molecule has 6 heteroatoms. The third kappa shape index (κ3) is 5.44. The molecule has 140 valence electrons. The van der Waals surface area contributed by atoms with Gasteiger partial charge in [-0.1, -0.05) is 26.7 Å². The normalized spacial score (nSPS) is 12.2. The fraction of sp³-hybridized carbons (Fsp3) is 0.632. The summed E-state index contributed by atoms with van der Waals surface area (Å²) >= 11 is 0. The van der Waals surface area contributed by atoms with Gasteiger partial charge in [0.25, 0.3) is 5.91 Å². The van der Waals surface area contributed by atoms with Crippen molar-refractivity contribution >= 4 is 17.7 Å². The van der Waals surface area contributed by atoms with E-state index in [1.165, 1.54) is 7.11 Å². The molecule has 0 aliphatic rings. The smallest absolute Gasteiger partial charge is 0.328 e. The Bertz CT molecular complexity index is 554. The van der Waals surface area contributed by atoms with Gasteiger partial charge in [-0.25, -0.2) is 9.78 Å². The van der Waals surface area contributed by atoms with E-state index in [0.29, 0.717) is 11.6 Å². The van der Waals surface area contributed by atoms with Gasteiger partial charge in [-0.05, 0) is 38.8 Å². The lowest BCUT2D eigenvalue weighted by Gasteiger charge is -2.26. The largest absolute Gasteiger partial charge is 0.467 e. The number of carbonyl (C=O) groups excluding carboxylic acids is 2. The van der Waals surface area contributed by atoms with Crippen LogP contribution in [0.1, 0.15) is 57.8 Å². The summed E-state index contributed by atoms with van der Waals surface area (Å²) in [6, 6.07) is 3.26. The SMILES string of the molecule is CCC(CC)[C@@H](NC(=O)c1ccc(N(CC)C(C)C)nc1)C(=O)OC. The van der Waals surface area contributed by atoms with E-state index in [-0.39, 0.29) is 11.8 Å². The minimum absolute atomic E-state index is 0.0418. The third-order valence-corrected chi connectivity index (χ3v) is 4.53. The Morgan fingerprint density at radius 1 is 1.20 bits per heavy atom. The Kier molecular flexibility index (Phi) is 8.38. The van der Waals surface area contributed by atoms with Crippen LogP contribution in [0.15, 0.2) is 18.3 Å². The standard InChI is InChI=1S/C19H31N3O3/c1-7-14(8-2)17(19(24)25-6)21-18(23)15-10-11-16(20-12-15)22(9-3)13(4)5/h10-14,17H,7-9H2,1-6H3,(H,21,23)/t17-/m1/s1. The highest BCUT2D eigenvalue weighted by Gasteiger charge is 2.29. The average molecular weight is 349 g/mol. The summed E-state index contributed by atoms with van der Waals surface area (Å²) < 4.78 is 4.85. The van der Waals surface area contributed by atoms with E-state index in [1.807, 2.05) is 19.9 Å². The number of hydrogen-bond donors (Lipinski definition) is 1. The zero-order valence-corrected chi connectivity index (χ0v) is 16.2. The molecule has 25 heavy (non-hydrogen) atoms. The number of aromatic nitrogens is 1. The molecule has 0 unspecified atom stereocenters. The first kappa shape index (κ1) is 20.9. The number of nitrogens with zero attached hydrogens (tertiary/aromatic N) is 2. The maximum Gasteiger partial charge on any atom is 0.328 e. The van der Waals surface area contributed by atoms with E-state index < -0.39 is 12.0 Å². The second-order valence-corrected chi connectivity index (χ2v) is 6.34. The van der Waals surface area contributed by atoms with Gasteiger partial charge in [0.2, 0.25) is 0 Å². The molecule has 1 rings (SSSR count). The van der Waals surface area contributed by atoms with Crippen LogP contribution in [-0.4, -0.2) is 42.6 Å². The van der Waals surface area contributed by atoms with E-state index in [2.05, 4.69) is 36.0 Å². The highest BCUT2D eigenvalue weighted by atomic mass is 16.5. The highest BCUT2D eigenvalue weighted by Crippen LogP contribution is 2.17. The number of nitrogens with one attached hydrogen (secondary N) is 1. The summed E-state index contributed by atoms with van der Waals surface area (Å²) in [4.78, 5) is 31.1. The number of hydrogen-bond acceptors (Lipinski definition) is 5. The van der Waals surface area contributed by atoms with E-state index in [1.54, 1.807) is 12.3 Å². The summed E-state index contributed by atoms with van der Waals surface area (Å²) in [5.41, 5.74) is 0.434. The molecule has 0 aliphatic carbocycles. The summed E-state index contributed by atoms with van der Waals surface area (Å²) in [5, 5.41) is 2.80. The van der Waals surface area contributed by atoms with E-state index in [0.717, 1.165) is 25.2 Å². The quantitative estimate of drug-likeness (QED) is 0.694. The Morgan fingerprint density at radius 2 is 1.84 bits per heavy atom. The summed E-state index contributed by atoms with van der Waals surface area (Å²) in [7, 11) is 1.34. The highest BCUT2D eigenvalue weighted by molar-refractivity contribution is 5.96. The van der Waals surface area contributed by atoms with Gasteiger partial charge in [0.1, 0.15) is 11.9 Å². The monoisotopic (exact) mass is 349 g/mol. The van der Waals surface area contributed by atoms with Crippen LogP contribution in [0.25, 0.3) is 0 Å². The second-order valence-electron chi connectivity index (χ2n) is 6.34. The molecule has 0 spiro atoms. The Morgan fingerprint density at radius 3 is 2.24 bits per heavy atom. The van der Waals surface area contributed by atoms with Crippen LogP contribution in [0.2, 0.25) is 0 Å². The molecule has 0 radical (unpaired) electrons. The van der Waals surface area contributed by atoms with Crippen molar-refractivity contribution in [3.63, 3.8) is 0 Å². The van der Waals surface area contributed by atoms with Gasteiger partial charge in [0.05, 0.1) is 12.7 Å². The molecule has 1 heterocycles. The van der Waals surface area contributed by atoms with Gasteiger partial charge in [0, 0.05) is 18.8 Å². The lowest BCUT2D eigenvalue weighted by Crippen LogP contribution is -2.46. The number of pyridine rings is 1. The first-order valence-corrected chi connectivity index (χ1v) is 9.00. The molecule has 1 aromatic heterocycles. The van der Waals surface area contributed by atoms with E-state index >= 15 is 0 Å². The molecule has 0 aromatic carbocycles. The maximum absolute atomic E-state index is 12.5. The fourth-order valence-electron chi connectivity index (χ4n) is 2.96. The number of esters is 1. The average Bonchev–Trinajstić information content (AvgIpc) is 2.61. The number of methoxy groups -OCH3 is 1. The summed E-state index contributed by atoms with van der Waals surface area (Å²) in [5.74, 6) is 0.149. The molecule has 0 bridgehead atoms. The molecule has 1 amide bonds. The Balaban J connectivity index is 2.92. The predicted molar refractivity (Wildman–Crippen MR) is 99.7 cm³/mol. The number of ether oxygens (including phenoxy) is 1. The van der Waals surface area contributed by atoms with Gasteiger partial charge >= 0.3 is 5.97 Å². The molecule has 1 aromatic rings. The molecular weight excluding hydrogens is 318 g/mol. The molecule has 0 aliphatic heterocycles. The van der Waals surface area contributed by atoms with Gasteiger partial charge < -0.3 is 15.0 Å². The van der Waals surface area contributed by atoms with Crippen molar-refractivity contribution in [2.45, 2.75) is 59.5 Å². The fourth-order valence-corrected chi connectivity index (χ4v) is 2.96. The van der Waals surface area contributed by atoms with Gasteiger partial charge in [-0.2, -0.15) is 0 Å². The second kappa shape index (κ2) is 10.0. The lowest BCUT2D eigenvalue weighted by atomic mass is 9.94. The van der Waals surface area contributed by atoms with Crippen LogP contribution in [0, 0.1) is 5.92 Å². The zero-order chi connectivity index (χ0) is 19.0. The summed E-state index contributed by atoms with van der Waals surface area (Å²) in [6.07, 6.45) is 3.12. The molecule has 1 N–H and O–H groups in total. The first-order chi connectivity index (χ1) is 11.9. The van der Waals surface area contributed by atoms with Gasteiger partial charge in [0.15, 0.2) is 0 Å². The van der Waals surface area contributed by atoms with Crippen molar-refractivity contribution in [1.29, 1.82) is 0 Å². The topological polar surface area (TPSA) is 71.5 Å². The van der Waals surface area contributed by atoms with Gasteiger partial charge in [-0.15, -0.1) is 0 Å². The lowest BCUT2D eigenvalue weighted by molar-refractivity contribution is -0.144. The minimum atomic E-state index is -0.644. The van der Waals surface area contributed by atoms with Crippen molar-refractivity contribution in [3.8, 4) is 0 Å². The van der Waals surface area contributed by atoms with E-state index in [4.69, 9.17) is 4.74 Å². The van der Waals surface area contributed by atoms with Crippen molar-refractivity contribution in [2.24, 2.45) is 5.92 Å². The van der Waals surface area contributed by atoms with Crippen LogP contribution in [0.4, 0.5) is 5.82 Å². The zero-order valence-electron chi connectivity index (χ0n) is 16.2. The molecule has 6 nitrogen and oxygen atoms in total. The van der Waals surface area contributed by atoms with Crippen molar-refractivity contribution in [3.05, 3.63) is 23.9 Å².